The molecule has 1 aromatic heterocycles. The lowest BCUT2D eigenvalue weighted by molar-refractivity contribution is 0.0697. The van der Waals surface area contributed by atoms with Crippen LogP contribution >= 0.6 is 11.3 Å². The maximum Gasteiger partial charge on any atom is 0.349 e. The second kappa shape index (κ2) is 4.66. The van der Waals surface area contributed by atoms with Gasteiger partial charge >= 0.3 is 5.97 Å². The highest BCUT2D eigenvalue weighted by molar-refractivity contribution is 7.12. The van der Waals surface area contributed by atoms with E-state index >= 15 is 0 Å². The summed E-state index contributed by atoms with van der Waals surface area (Å²) in [6, 6.07) is 1.74. The fourth-order valence-corrected chi connectivity index (χ4v) is 2.62. The second-order valence-corrected chi connectivity index (χ2v) is 4.80. The number of carboxylic acid groups (broad SMARTS) is 1. The summed E-state index contributed by atoms with van der Waals surface area (Å²) in [6.45, 7) is 0.664. The number of carboxylic acids is 1. The average molecular weight is 226 g/mol. The molecule has 0 bridgehead atoms. The normalized spacial score (nSPS) is 16.8. The van der Waals surface area contributed by atoms with Gasteiger partial charge in [0, 0.05) is 0 Å². The predicted octanol–water partition coefficient (Wildman–Crippen LogP) is 3.02. The standard InChI is InChI=1S/C11H14O3S/c12-11(13)10-9(5-6-15-10)14-7-8-3-1-2-4-8/h5-6,8H,1-4,7H2,(H,12,13). The van der Waals surface area contributed by atoms with Gasteiger partial charge in [-0.05, 0) is 30.2 Å². The first-order valence-electron chi connectivity index (χ1n) is 5.21. The molecule has 1 heterocycles. The molecule has 0 aliphatic heterocycles. The minimum absolute atomic E-state index is 0.313. The largest absolute Gasteiger partial charge is 0.492 e. The van der Waals surface area contributed by atoms with Gasteiger partial charge in [0.05, 0.1) is 6.61 Å². The van der Waals surface area contributed by atoms with E-state index in [9.17, 15) is 4.79 Å². The molecule has 82 valence electrons. The summed E-state index contributed by atoms with van der Waals surface area (Å²) in [5, 5.41) is 10.6. The Labute approximate surface area is 92.7 Å². The third-order valence-electron chi connectivity index (χ3n) is 2.77. The molecule has 1 aromatic rings. The SMILES string of the molecule is O=C(O)c1sccc1OCC1CCCC1. The predicted molar refractivity (Wildman–Crippen MR) is 58.7 cm³/mol. The van der Waals surface area contributed by atoms with Gasteiger partial charge in [0.2, 0.25) is 0 Å². The van der Waals surface area contributed by atoms with E-state index in [-0.39, 0.29) is 0 Å². The van der Waals surface area contributed by atoms with E-state index in [1.165, 1.54) is 37.0 Å². The summed E-state index contributed by atoms with van der Waals surface area (Å²) in [7, 11) is 0. The Morgan fingerprint density at radius 2 is 2.27 bits per heavy atom. The van der Waals surface area contributed by atoms with Crippen LogP contribution in [0.1, 0.15) is 35.4 Å². The summed E-state index contributed by atoms with van der Waals surface area (Å²) in [5.74, 6) is 0.248. The molecule has 1 fully saturated rings. The molecule has 0 unspecified atom stereocenters. The summed E-state index contributed by atoms with van der Waals surface area (Å²) < 4.78 is 5.55. The molecule has 2 rings (SSSR count). The van der Waals surface area contributed by atoms with E-state index in [1.807, 2.05) is 0 Å². The molecule has 1 N–H and O–H groups in total. The lowest BCUT2D eigenvalue weighted by Crippen LogP contribution is -2.09. The van der Waals surface area contributed by atoms with Crippen molar-refractivity contribution in [2.45, 2.75) is 25.7 Å². The van der Waals surface area contributed by atoms with Gasteiger partial charge < -0.3 is 9.84 Å². The topological polar surface area (TPSA) is 46.5 Å². The number of hydrogen-bond acceptors (Lipinski definition) is 3. The van der Waals surface area contributed by atoms with Crippen LogP contribution < -0.4 is 4.74 Å². The van der Waals surface area contributed by atoms with Gasteiger partial charge in [0.25, 0.3) is 0 Å². The Bertz CT molecular complexity index is 339. The number of carbonyl (C=O) groups is 1. The third-order valence-corrected chi connectivity index (χ3v) is 3.66. The first-order chi connectivity index (χ1) is 7.27. The first kappa shape index (κ1) is 10.5. The maximum atomic E-state index is 10.8. The minimum atomic E-state index is -0.897. The Kier molecular flexibility index (Phi) is 3.26. The molecule has 3 nitrogen and oxygen atoms in total. The number of aromatic carboxylic acids is 1. The molecular formula is C11H14O3S. The van der Waals surface area contributed by atoms with Crippen LogP contribution in [-0.2, 0) is 0 Å². The van der Waals surface area contributed by atoms with Gasteiger partial charge in [-0.2, -0.15) is 0 Å². The molecule has 0 atom stereocenters. The lowest BCUT2D eigenvalue weighted by atomic mass is 10.1. The van der Waals surface area contributed by atoms with Crippen molar-refractivity contribution in [3.63, 3.8) is 0 Å². The Hall–Kier alpha value is -1.03. The Balaban J connectivity index is 1.92. The molecule has 0 saturated heterocycles. The van der Waals surface area contributed by atoms with Crippen LogP contribution in [0.5, 0.6) is 5.75 Å². The molecule has 0 aromatic carbocycles. The van der Waals surface area contributed by atoms with E-state index < -0.39 is 5.97 Å². The molecule has 0 radical (unpaired) electrons. The van der Waals surface area contributed by atoms with Crippen molar-refractivity contribution in [2.75, 3.05) is 6.61 Å². The summed E-state index contributed by atoms with van der Waals surface area (Å²) in [5.41, 5.74) is 0. The summed E-state index contributed by atoms with van der Waals surface area (Å²) in [4.78, 5) is 11.1. The molecule has 1 aliphatic carbocycles. The maximum absolute atomic E-state index is 10.8. The molecule has 15 heavy (non-hydrogen) atoms. The van der Waals surface area contributed by atoms with Crippen LogP contribution in [0.15, 0.2) is 11.4 Å². The van der Waals surface area contributed by atoms with Gasteiger partial charge in [0.15, 0.2) is 4.88 Å². The van der Waals surface area contributed by atoms with Crippen molar-refractivity contribution in [3.05, 3.63) is 16.3 Å². The number of ether oxygens (including phenoxy) is 1. The van der Waals surface area contributed by atoms with Crippen molar-refractivity contribution >= 4 is 17.3 Å². The molecule has 0 amide bonds. The third kappa shape index (κ3) is 2.50. The highest BCUT2D eigenvalue weighted by Gasteiger charge is 2.18. The lowest BCUT2D eigenvalue weighted by Gasteiger charge is -2.10. The molecule has 4 heteroatoms. The quantitative estimate of drug-likeness (QED) is 0.858. The van der Waals surface area contributed by atoms with E-state index in [2.05, 4.69) is 0 Å². The smallest absolute Gasteiger partial charge is 0.349 e. The van der Waals surface area contributed by atoms with Gasteiger partial charge in [0.1, 0.15) is 5.75 Å². The van der Waals surface area contributed by atoms with Crippen LogP contribution in [0, 0.1) is 5.92 Å². The fourth-order valence-electron chi connectivity index (χ4n) is 1.95. The highest BCUT2D eigenvalue weighted by Crippen LogP contribution is 2.28. The summed E-state index contributed by atoms with van der Waals surface area (Å²) >= 11 is 1.22. The van der Waals surface area contributed by atoms with Gasteiger partial charge in [-0.1, -0.05) is 12.8 Å². The monoisotopic (exact) mass is 226 g/mol. The van der Waals surface area contributed by atoms with Crippen LogP contribution in [0.4, 0.5) is 0 Å². The van der Waals surface area contributed by atoms with E-state index in [0.717, 1.165) is 0 Å². The molecule has 1 aliphatic rings. The van der Waals surface area contributed by atoms with Crippen molar-refractivity contribution in [1.82, 2.24) is 0 Å². The van der Waals surface area contributed by atoms with Crippen LogP contribution in [0.2, 0.25) is 0 Å². The minimum Gasteiger partial charge on any atom is -0.492 e. The van der Waals surface area contributed by atoms with Crippen LogP contribution in [0.25, 0.3) is 0 Å². The van der Waals surface area contributed by atoms with Crippen molar-refractivity contribution < 1.29 is 14.6 Å². The van der Waals surface area contributed by atoms with Crippen molar-refractivity contribution in [3.8, 4) is 5.75 Å². The fraction of sp³-hybridized carbons (Fsp3) is 0.545. The van der Waals surface area contributed by atoms with E-state index in [4.69, 9.17) is 9.84 Å². The molecular weight excluding hydrogens is 212 g/mol. The zero-order valence-electron chi connectivity index (χ0n) is 8.44. The van der Waals surface area contributed by atoms with Gasteiger partial charge in [-0.15, -0.1) is 11.3 Å². The van der Waals surface area contributed by atoms with Gasteiger partial charge in [-0.3, -0.25) is 0 Å². The number of hydrogen-bond donors (Lipinski definition) is 1. The Morgan fingerprint density at radius 1 is 1.53 bits per heavy atom. The number of rotatable bonds is 4. The van der Waals surface area contributed by atoms with Gasteiger partial charge in [-0.25, -0.2) is 4.79 Å². The van der Waals surface area contributed by atoms with E-state index in [0.29, 0.717) is 23.2 Å². The second-order valence-electron chi connectivity index (χ2n) is 3.88. The van der Waals surface area contributed by atoms with E-state index in [1.54, 1.807) is 11.4 Å². The first-order valence-corrected chi connectivity index (χ1v) is 6.09. The number of thiophene rings is 1. The van der Waals surface area contributed by atoms with Crippen LogP contribution in [-0.4, -0.2) is 17.7 Å². The van der Waals surface area contributed by atoms with Crippen LogP contribution in [0.3, 0.4) is 0 Å². The molecule has 1 saturated carbocycles. The highest BCUT2D eigenvalue weighted by atomic mass is 32.1. The Morgan fingerprint density at radius 3 is 2.93 bits per heavy atom. The van der Waals surface area contributed by atoms with Crippen molar-refractivity contribution in [2.24, 2.45) is 5.92 Å². The zero-order chi connectivity index (χ0) is 10.7. The molecule has 0 spiro atoms. The summed E-state index contributed by atoms with van der Waals surface area (Å²) in [6.07, 6.45) is 4.99. The average Bonchev–Trinajstić information content (AvgIpc) is 2.86. The van der Waals surface area contributed by atoms with Crippen molar-refractivity contribution in [1.29, 1.82) is 0 Å². The zero-order valence-corrected chi connectivity index (χ0v) is 9.26.